The molecule has 2 N–H and O–H groups in total. The number of aliphatic carboxylic acids is 1. The van der Waals surface area contributed by atoms with Gasteiger partial charge in [0.25, 0.3) is 0 Å². The van der Waals surface area contributed by atoms with Crippen molar-refractivity contribution in [2.75, 3.05) is 19.6 Å². The lowest BCUT2D eigenvalue weighted by Crippen LogP contribution is -2.56. The number of hydrogen-bond acceptors (Lipinski definition) is 4. The van der Waals surface area contributed by atoms with Gasteiger partial charge >= 0.3 is 5.97 Å². The minimum Gasteiger partial charge on any atom is -0.481 e. The molecule has 0 saturated carbocycles. The summed E-state index contributed by atoms with van der Waals surface area (Å²) in [5.41, 5.74) is 1.13. The molecule has 19 heavy (non-hydrogen) atoms. The van der Waals surface area contributed by atoms with Crippen LogP contribution in [0.4, 0.5) is 0 Å². The Balaban J connectivity index is 1.96. The molecule has 1 atom stereocenters. The summed E-state index contributed by atoms with van der Waals surface area (Å²) in [6.07, 6.45) is 4.09. The minimum absolute atomic E-state index is 0.151. The van der Waals surface area contributed by atoms with E-state index in [9.17, 15) is 9.59 Å². The van der Waals surface area contributed by atoms with Gasteiger partial charge in [-0.15, -0.1) is 0 Å². The van der Waals surface area contributed by atoms with Gasteiger partial charge in [0.1, 0.15) is 0 Å². The van der Waals surface area contributed by atoms with Crippen LogP contribution in [0.1, 0.15) is 12.0 Å². The number of nitrogens with one attached hydrogen (secondary N) is 1. The smallest absolute Gasteiger partial charge is 0.305 e. The topological polar surface area (TPSA) is 82.5 Å². The predicted octanol–water partition coefficient (Wildman–Crippen LogP) is -0.101. The first-order chi connectivity index (χ1) is 9.16. The van der Waals surface area contributed by atoms with Gasteiger partial charge in [-0.2, -0.15) is 0 Å². The number of hydrogen-bond donors (Lipinski definition) is 2. The molecule has 2 rings (SSSR count). The molecule has 2 heterocycles. The highest BCUT2D eigenvalue weighted by atomic mass is 16.4. The van der Waals surface area contributed by atoms with E-state index in [1.165, 1.54) is 0 Å². The van der Waals surface area contributed by atoms with Gasteiger partial charge in [-0.1, -0.05) is 0 Å². The molecule has 1 unspecified atom stereocenters. The fourth-order valence-corrected chi connectivity index (χ4v) is 2.24. The largest absolute Gasteiger partial charge is 0.481 e. The Labute approximate surface area is 111 Å². The molecule has 0 spiro atoms. The van der Waals surface area contributed by atoms with Crippen LogP contribution in [0, 0.1) is 0 Å². The molecular weight excluding hydrogens is 246 g/mol. The van der Waals surface area contributed by atoms with Crippen LogP contribution in [0.3, 0.4) is 0 Å². The van der Waals surface area contributed by atoms with Crippen LogP contribution in [0.5, 0.6) is 0 Å². The second kappa shape index (κ2) is 6.29. The van der Waals surface area contributed by atoms with Gasteiger partial charge < -0.3 is 10.4 Å². The molecule has 6 heteroatoms. The van der Waals surface area contributed by atoms with Crippen molar-refractivity contribution < 1.29 is 14.7 Å². The first-order valence-corrected chi connectivity index (χ1v) is 6.29. The fourth-order valence-electron chi connectivity index (χ4n) is 2.24. The van der Waals surface area contributed by atoms with E-state index in [0.29, 0.717) is 19.6 Å². The van der Waals surface area contributed by atoms with E-state index in [1.54, 1.807) is 12.4 Å². The highest BCUT2D eigenvalue weighted by Crippen LogP contribution is 2.10. The Morgan fingerprint density at radius 1 is 1.47 bits per heavy atom. The van der Waals surface area contributed by atoms with Gasteiger partial charge in [-0.25, -0.2) is 0 Å². The Morgan fingerprint density at radius 2 is 2.21 bits per heavy atom. The molecule has 1 aromatic rings. The van der Waals surface area contributed by atoms with Crippen LogP contribution in [-0.2, 0) is 16.0 Å². The monoisotopic (exact) mass is 263 g/mol. The lowest BCUT2D eigenvalue weighted by molar-refractivity contribution is -0.143. The van der Waals surface area contributed by atoms with E-state index in [0.717, 1.165) is 12.0 Å². The fraction of sp³-hybridized carbons (Fsp3) is 0.462. The third kappa shape index (κ3) is 3.75. The number of aromatic nitrogens is 1. The number of amides is 1. The second-order valence-corrected chi connectivity index (χ2v) is 4.55. The summed E-state index contributed by atoms with van der Waals surface area (Å²) in [4.78, 5) is 28.4. The molecule has 0 bridgehead atoms. The first kappa shape index (κ1) is 13.5. The molecule has 0 aliphatic carbocycles. The number of carbonyl (C=O) groups excluding carboxylic acids is 1. The normalized spacial score (nSPS) is 20.0. The van der Waals surface area contributed by atoms with Crippen LogP contribution < -0.4 is 5.32 Å². The zero-order chi connectivity index (χ0) is 13.7. The summed E-state index contributed by atoms with van der Waals surface area (Å²) in [6, 6.07) is 3.29. The molecule has 102 valence electrons. The van der Waals surface area contributed by atoms with Crippen molar-refractivity contribution in [1.82, 2.24) is 15.2 Å². The second-order valence-electron chi connectivity index (χ2n) is 4.55. The molecule has 1 aliphatic rings. The van der Waals surface area contributed by atoms with E-state index >= 15 is 0 Å². The Kier molecular flexibility index (Phi) is 4.46. The SMILES string of the molecule is O=C(O)CC1C(=O)NCCN1CCc1ccncc1. The Hall–Kier alpha value is -1.95. The van der Waals surface area contributed by atoms with Crippen molar-refractivity contribution >= 4 is 11.9 Å². The quantitative estimate of drug-likeness (QED) is 0.775. The maximum Gasteiger partial charge on any atom is 0.305 e. The zero-order valence-electron chi connectivity index (χ0n) is 10.6. The number of carbonyl (C=O) groups is 2. The van der Waals surface area contributed by atoms with Crippen LogP contribution >= 0.6 is 0 Å². The summed E-state index contributed by atoms with van der Waals surface area (Å²) in [7, 11) is 0. The van der Waals surface area contributed by atoms with Crippen LogP contribution in [0.25, 0.3) is 0 Å². The predicted molar refractivity (Wildman–Crippen MR) is 68.6 cm³/mol. The first-order valence-electron chi connectivity index (χ1n) is 6.29. The zero-order valence-corrected chi connectivity index (χ0v) is 10.6. The average molecular weight is 263 g/mol. The molecule has 6 nitrogen and oxygen atoms in total. The van der Waals surface area contributed by atoms with Crippen LogP contribution in [0.2, 0.25) is 0 Å². The van der Waals surface area contributed by atoms with Crippen molar-refractivity contribution in [3.8, 4) is 0 Å². The van der Waals surface area contributed by atoms with E-state index in [2.05, 4.69) is 10.3 Å². The van der Waals surface area contributed by atoms with Crippen molar-refractivity contribution in [3.63, 3.8) is 0 Å². The Morgan fingerprint density at radius 3 is 2.89 bits per heavy atom. The van der Waals surface area contributed by atoms with Gasteiger partial charge in [0.05, 0.1) is 12.5 Å². The third-order valence-electron chi connectivity index (χ3n) is 3.25. The summed E-state index contributed by atoms with van der Waals surface area (Å²) in [5, 5.41) is 11.6. The maximum absolute atomic E-state index is 11.7. The average Bonchev–Trinajstić information content (AvgIpc) is 2.40. The summed E-state index contributed by atoms with van der Waals surface area (Å²) >= 11 is 0. The van der Waals surface area contributed by atoms with Gasteiger partial charge in [0.2, 0.25) is 5.91 Å². The van der Waals surface area contributed by atoms with Crippen molar-refractivity contribution in [2.45, 2.75) is 18.9 Å². The Bertz CT molecular complexity index is 450. The summed E-state index contributed by atoms with van der Waals surface area (Å²) < 4.78 is 0. The van der Waals surface area contributed by atoms with Crippen molar-refractivity contribution in [2.24, 2.45) is 0 Å². The third-order valence-corrected chi connectivity index (χ3v) is 3.25. The number of carboxylic acids is 1. The summed E-state index contributed by atoms with van der Waals surface area (Å²) in [5.74, 6) is -1.14. The number of nitrogens with zero attached hydrogens (tertiary/aromatic N) is 2. The van der Waals surface area contributed by atoms with Crippen molar-refractivity contribution in [3.05, 3.63) is 30.1 Å². The van der Waals surface area contributed by atoms with Gasteiger partial charge in [-0.05, 0) is 24.1 Å². The number of carboxylic acid groups (broad SMARTS) is 1. The lowest BCUT2D eigenvalue weighted by Gasteiger charge is -2.34. The van der Waals surface area contributed by atoms with Gasteiger partial charge in [0.15, 0.2) is 0 Å². The van der Waals surface area contributed by atoms with E-state index < -0.39 is 12.0 Å². The highest BCUT2D eigenvalue weighted by molar-refractivity contribution is 5.86. The van der Waals surface area contributed by atoms with E-state index in [4.69, 9.17) is 5.11 Å². The molecule has 1 aliphatic heterocycles. The molecule has 0 radical (unpaired) electrons. The summed E-state index contributed by atoms with van der Waals surface area (Å²) in [6.45, 7) is 1.94. The molecular formula is C13H17N3O3. The number of piperazine rings is 1. The molecule has 1 saturated heterocycles. The molecule has 0 aromatic carbocycles. The molecule has 1 fully saturated rings. The lowest BCUT2D eigenvalue weighted by atomic mass is 10.1. The maximum atomic E-state index is 11.7. The van der Waals surface area contributed by atoms with E-state index in [1.807, 2.05) is 17.0 Å². The van der Waals surface area contributed by atoms with Crippen LogP contribution in [0.15, 0.2) is 24.5 Å². The number of pyridine rings is 1. The minimum atomic E-state index is -0.948. The van der Waals surface area contributed by atoms with E-state index in [-0.39, 0.29) is 12.3 Å². The highest BCUT2D eigenvalue weighted by Gasteiger charge is 2.31. The number of rotatable bonds is 5. The van der Waals surface area contributed by atoms with Gasteiger partial charge in [0, 0.05) is 32.0 Å². The molecule has 1 aromatic heterocycles. The standard InChI is InChI=1S/C13H17N3O3/c17-12(18)9-11-13(19)15-6-8-16(11)7-3-10-1-4-14-5-2-10/h1-2,4-5,11H,3,6-9H2,(H,15,19)(H,17,18). The van der Waals surface area contributed by atoms with Crippen molar-refractivity contribution in [1.29, 1.82) is 0 Å². The van der Waals surface area contributed by atoms with Crippen LogP contribution in [-0.4, -0.2) is 52.5 Å². The van der Waals surface area contributed by atoms with Gasteiger partial charge in [-0.3, -0.25) is 19.5 Å². The molecule has 1 amide bonds.